The van der Waals surface area contributed by atoms with E-state index in [9.17, 15) is 9.18 Å². The van der Waals surface area contributed by atoms with Crippen LogP contribution >= 0.6 is 23.5 Å². The van der Waals surface area contributed by atoms with Gasteiger partial charge in [-0.05, 0) is 46.8 Å². The van der Waals surface area contributed by atoms with Crippen molar-refractivity contribution in [2.75, 3.05) is 10.7 Å². The molecule has 0 aliphatic carbocycles. The number of aromatic nitrogens is 4. The van der Waals surface area contributed by atoms with Crippen LogP contribution in [0.4, 0.5) is 15.8 Å². The lowest BCUT2D eigenvalue weighted by Crippen LogP contribution is -2.30. The van der Waals surface area contributed by atoms with Gasteiger partial charge in [-0.3, -0.25) is 9.69 Å². The van der Waals surface area contributed by atoms with Gasteiger partial charge in [0.15, 0.2) is 0 Å². The van der Waals surface area contributed by atoms with Gasteiger partial charge in [0.05, 0.1) is 17.1 Å². The second-order valence-corrected chi connectivity index (χ2v) is 8.41. The van der Waals surface area contributed by atoms with Crippen LogP contribution in [-0.2, 0) is 4.79 Å². The molecule has 6 nitrogen and oxygen atoms in total. The van der Waals surface area contributed by atoms with Crippen LogP contribution in [0.2, 0.25) is 0 Å². The Morgan fingerprint density at radius 2 is 1.50 bits per heavy atom. The highest BCUT2D eigenvalue weighted by Crippen LogP contribution is 2.48. The Labute approximate surface area is 180 Å². The molecule has 0 radical (unpaired) electrons. The monoisotopic (exact) mass is 435 g/mol. The number of halogens is 1. The first-order valence-corrected chi connectivity index (χ1v) is 10.9. The molecule has 0 unspecified atom stereocenters. The maximum absolute atomic E-state index is 14.2. The number of amides is 1. The van der Waals surface area contributed by atoms with Gasteiger partial charge in [0.2, 0.25) is 11.1 Å². The molecule has 30 heavy (non-hydrogen) atoms. The van der Waals surface area contributed by atoms with E-state index >= 15 is 0 Å². The summed E-state index contributed by atoms with van der Waals surface area (Å²) >= 11 is 2.81. The van der Waals surface area contributed by atoms with Crippen molar-refractivity contribution >= 4 is 40.8 Å². The van der Waals surface area contributed by atoms with Gasteiger partial charge in [0.1, 0.15) is 11.5 Å². The van der Waals surface area contributed by atoms with Crippen LogP contribution in [0.15, 0.2) is 87.7 Å². The van der Waals surface area contributed by atoms with Crippen molar-refractivity contribution in [3.05, 3.63) is 78.6 Å². The number of rotatable bonds is 4. The molecule has 0 fully saturated rings. The van der Waals surface area contributed by atoms with Gasteiger partial charge in [-0.1, -0.05) is 59.9 Å². The smallest absolute Gasteiger partial charge is 0.242 e. The van der Waals surface area contributed by atoms with Crippen molar-refractivity contribution < 1.29 is 9.18 Å². The number of hydrogen-bond acceptors (Lipinski definition) is 6. The average Bonchev–Trinajstić information content (AvgIpc) is 3.24. The van der Waals surface area contributed by atoms with Crippen molar-refractivity contribution in [3.63, 3.8) is 0 Å². The Hall–Kier alpha value is -3.17. The Bertz CT molecular complexity index is 1200. The van der Waals surface area contributed by atoms with E-state index in [2.05, 4.69) is 15.5 Å². The van der Waals surface area contributed by atoms with Crippen molar-refractivity contribution in [3.8, 4) is 5.69 Å². The highest BCUT2D eigenvalue weighted by molar-refractivity contribution is 8.00. The molecule has 0 saturated heterocycles. The molecule has 148 valence electrons. The first-order valence-electron chi connectivity index (χ1n) is 9.07. The molecule has 0 bridgehead atoms. The molecule has 2 heterocycles. The topological polar surface area (TPSA) is 63.9 Å². The summed E-state index contributed by atoms with van der Waals surface area (Å²) in [6, 6.07) is 21.9. The molecule has 1 aliphatic heterocycles. The Kier molecular flexibility index (Phi) is 4.97. The summed E-state index contributed by atoms with van der Waals surface area (Å²) in [6.45, 7) is 0. The zero-order valence-corrected chi connectivity index (χ0v) is 17.1. The SMILES string of the molecule is O=C(CSc1nnnn1-c1ccccc1F)N1c2ccccc2Sc2ccccc21. The molecule has 4 aromatic rings. The van der Waals surface area contributed by atoms with Crippen LogP contribution in [0.25, 0.3) is 5.69 Å². The normalized spacial score (nSPS) is 12.4. The van der Waals surface area contributed by atoms with Crippen molar-refractivity contribution in [2.45, 2.75) is 14.9 Å². The van der Waals surface area contributed by atoms with E-state index in [1.165, 1.54) is 22.5 Å². The third kappa shape index (κ3) is 3.35. The fourth-order valence-corrected chi connectivity index (χ4v) is 5.00. The van der Waals surface area contributed by atoms with Crippen LogP contribution in [0.1, 0.15) is 0 Å². The molecule has 1 amide bonds. The van der Waals surface area contributed by atoms with E-state index < -0.39 is 5.82 Å². The first kappa shape index (κ1) is 18.8. The summed E-state index contributed by atoms with van der Waals surface area (Å²) < 4.78 is 15.5. The molecule has 9 heteroatoms. The van der Waals surface area contributed by atoms with Crippen molar-refractivity contribution in [1.29, 1.82) is 0 Å². The quantitative estimate of drug-likeness (QED) is 0.432. The molecule has 0 spiro atoms. The standard InChI is InChI=1S/C21H14FN5OS2/c22-14-7-1-2-8-15(14)27-21(23-24-25-27)29-13-20(28)26-16-9-3-5-11-18(16)30-19-12-6-4-10-17(19)26/h1-12H,13H2. The molecule has 3 aromatic carbocycles. The van der Waals surface area contributed by atoms with Crippen LogP contribution in [-0.4, -0.2) is 31.9 Å². The van der Waals surface area contributed by atoms with Gasteiger partial charge in [0.25, 0.3) is 0 Å². The number of fused-ring (bicyclic) bond motifs is 2. The highest BCUT2D eigenvalue weighted by atomic mass is 32.2. The van der Waals surface area contributed by atoms with Gasteiger partial charge in [-0.2, -0.15) is 4.68 Å². The Morgan fingerprint density at radius 1 is 0.900 bits per heavy atom. The number of para-hydroxylation sites is 3. The Balaban J connectivity index is 1.43. The third-order valence-electron chi connectivity index (χ3n) is 4.53. The number of nitrogens with zero attached hydrogens (tertiary/aromatic N) is 5. The number of hydrogen-bond donors (Lipinski definition) is 0. The average molecular weight is 436 g/mol. The summed E-state index contributed by atoms with van der Waals surface area (Å²) in [5.74, 6) is -0.445. The predicted molar refractivity (Wildman–Crippen MR) is 114 cm³/mol. The second-order valence-electron chi connectivity index (χ2n) is 6.38. The molecule has 0 atom stereocenters. The minimum Gasteiger partial charge on any atom is -0.278 e. The van der Waals surface area contributed by atoms with Gasteiger partial charge in [-0.15, -0.1) is 5.10 Å². The van der Waals surface area contributed by atoms with Crippen LogP contribution < -0.4 is 4.90 Å². The highest BCUT2D eigenvalue weighted by Gasteiger charge is 2.28. The third-order valence-corrected chi connectivity index (χ3v) is 6.56. The van der Waals surface area contributed by atoms with E-state index in [4.69, 9.17) is 0 Å². The summed E-state index contributed by atoms with van der Waals surface area (Å²) in [7, 11) is 0. The fourth-order valence-electron chi connectivity index (χ4n) is 3.21. The predicted octanol–water partition coefficient (Wildman–Crippen LogP) is 4.72. The van der Waals surface area contributed by atoms with Crippen molar-refractivity contribution in [2.24, 2.45) is 0 Å². The largest absolute Gasteiger partial charge is 0.278 e. The summed E-state index contributed by atoms with van der Waals surface area (Å²) in [4.78, 5) is 17.0. The number of tetrazole rings is 1. The van der Waals surface area contributed by atoms with E-state index in [0.29, 0.717) is 5.16 Å². The molecular formula is C21H14FN5OS2. The second kappa shape index (κ2) is 7.92. The number of anilines is 2. The summed E-state index contributed by atoms with van der Waals surface area (Å²) in [5.41, 5.74) is 1.93. The number of carbonyl (C=O) groups is 1. The fraction of sp³-hybridized carbons (Fsp3) is 0.0476. The lowest BCUT2D eigenvalue weighted by molar-refractivity contribution is -0.115. The van der Waals surface area contributed by atoms with Crippen LogP contribution in [0, 0.1) is 5.82 Å². The molecular weight excluding hydrogens is 421 g/mol. The maximum atomic E-state index is 14.2. The van der Waals surface area contributed by atoms with Crippen LogP contribution in [0.3, 0.4) is 0 Å². The molecule has 1 aromatic heterocycles. The van der Waals surface area contributed by atoms with Crippen molar-refractivity contribution in [1.82, 2.24) is 20.2 Å². The molecule has 5 rings (SSSR count). The molecule has 1 aliphatic rings. The minimum absolute atomic E-state index is 0.0994. The lowest BCUT2D eigenvalue weighted by atomic mass is 10.2. The Morgan fingerprint density at radius 3 is 2.17 bits per heavy atom. The zero-order valence-electron chi connectivity index (χ0n) is 15.5. The summed E-state index contributed by atoms with van der Waals surface area (Å²) in [5, 5.41) is 11.8. The number of benzene rings is 3. The van der Waals surface area contributed by atoms with Gasteiger partial charge < -0.3 is 0 Å². The minimum atomic E-state index is -0.436. The van der Waals surface area contributed by atoms with E-state index in [1.54, 1.807) is 34.9 Å². The van der Waals surface area contributed by atoms with E-state index in [0.717, 1.165) is 21.2 Å². The van der Waals surface area contributed by atoms with Crippen LogP contribution in [0.5, 0.6) is 0 Å². The summed E-state index contributed by atoms with van der Waals surface area (Å²) in [6.07, 6.45) is 0. The zero-order chi connectivity index (χ0) is 20.5. The number of carbonyl (C=O) groups excluding carboxylic acids is 1. The molecule has 0 saturated carbocycles. The first-order chi connectivity index (χ1) is 14.7. The van der Waals surface area contributed by atoms with E-state index in [-0.39, 0.29) is 17.3 Å². The number of thioether (sulfide) groups is 1. The van der Waals surface area contributed by atoms with Gasteiger partial charge >= 0.3 is 0 Å². The lowest BCUT2D eigenvalue weighted by Gasteiger charge is -2.30. The molecule has 0 N–H and O–H groups in total. The van der Waals surface area contributed by atoms with Gasteiger partial charge in [0, 0.05) is 9.79 Å². The van der Waals surface area contributed by atoms with E-state index in [1.807, 2.05) is 48.5 Å². The van der Waals surface area contributed by atoms with Gasteiger partial charge in [-0.25, -0.2) is 4.39 Å². The maximum Gasteiger partial charge on any atom is 0.242 e.